The zero-order valence-corrected chi connectivity index (χ0v) is 14.1. The third-order valence-electron chi connectivity index (χ3n) is 3.96. The number of hydrogen-bond acceptors (Lipinski definition) is 1. The van der Waals surface area contributed by atoms with Gasteiger partial charge in [0.25, 0.3) is 0 Å². The summed E-state index contributed by atoms with van der Waals surface area (Å²) in [7, 11) is 0. The molecule has 0 aliphatic carbocycles. The van der Waals surface area contributed by atoms with E-state index in [4.69, 9.17) is 4.74 Å². The van der Waals surface area contributed by atoms with Gasteiger partial charge in [-0.1, -0.05) is 95.2 Å². The summed E-state index contributed by atoms with van der Waals surface area (Å²) in [5.41, 5.74) is 0. The molecule has 0 aromatic carbocycles. The van der Waals surface area contributed by atoms with Crippen LogP contribution >= 0.6 is 0 Å². The molecule has 1 heteroatoms. The Balaban J connectivity index is 1.91. The highest BCUT2D eigenvalue weighted by Crippen LogP contribution is 2.28. The Kier molecular flexibility index (Phi) is 11.2. The molecule has 0 N–H and O–H groups in total. The van der Waals surface area contributed by atoms with Crippen LogP contribution in [0, 0.1) is 0 Å². The first-order valence-corrected chi connectivity index (χ1v) is 9.04. The van der Waals surface area contributed by atoms with Gasteiger partial charge in [-0.05, 0) is 19.3 Å². The standard InChI is InChI=1S/C20H34O/c1-3-5-7-8-9-10-11-12-13-14-15-16-18-20-19(21-20)17-6-4-2/h12-16,18-20H,3-11,17H2,1-2H3/t19-,20+/m1/s1. The Morgan fingerprint density at radius 1 is 0.762 bits per heavy atom. The number of allylic oxidation sites excluding steroid dienone is 5. The van der Waals surface area contributed by atoms with Crippen LogP contribution in [0.15, 0.2) is 36.5 Å². The number of unbranched alkanes of at least 4 members (excludes halogenated alkanes) is 7. The summed E-state index contributed by atoms with van der Waals surface area (Å²) in [5, 5.41) is 0. The van der Waals surface area contributed by atoms with Gasteiger partial charge in [0, 0.05) is 0 Å². The van der Waals surface area contributed by atoms with Crippen molar-refractivity contribution in [1.82, 2.24) is 0 Å². The first-order chi connectivity index (χ1) is 10.4. The lowest BCUT2D eigenvalue weighted by molar-refractivity contribution is 0.375. The topological polar surface area (TPSA) is 12.5 Å². The second-order valence-corrected chi connectivity index (χ2v) is 6.04. The van der Waals surface area contributed by atoms with Crippen LogP contribution in [0.4, 0.5) is 0 Å². The van der Waals surface area contributed by atoms with Crippen molar-refractivity contribution in [2.24, 2.45) is 0 Å². The third kappa shape index (κ3) is 10.5. The second-order valence-electron chi connectivity index (χ2n) is 6.04. The van der Waals surface area contributed by atoms with Crippen LogP contribution in [-0.4, -0.2) is 12.2 Å². The molecule has 1 rings (SSSR count). The molecule has 1 fully saturated rings. The minimum Gasteiger partial charge on any atom is -0.365 e. The van der Waals surface area contributed by atoms with Gasteiger partial charge >= 0.3 is 0 Å². The fraction of sp³-hybridized carbons (Fsp3) is 0.700. The summed E-state index contributed by atoms with van der Waals surface area (Å²) in [6, 6.07) is 0. The molecule has 1 aliphatic heterocycles. The predicted molar refractivity (Wildman–Crippen MR) is 93.6 cm³/mol. The van der Waals surface area contributed by atoms with Crippen LogP contribution in [0.1, 0.15) is 78.1 Å². The summed E-state index contributed by atoms with van der Waals surface area (Å²) in [5.74, 6) is 0. The van der Waals surface area contributed by atoms with Crippen LogP contribution in [0.25, 0.3) is 0 Å². The van der Waals surface area contributed by atoms with E-state index in [1.165, 1.54) is 64.2 Å². The van der Waals surface area contributed by atoms with E-state index in [1.54, 1.807) is 0 Å². The molecule has 0 bridgehead atoms. The third-order valence-corrected chi connectivity index (χ3v) is 3.96. The largest absolute Gasteiger partial charge is 0.365 e. The normalized spacial score (nSPS) is 22.0. The van der Waals surface area contributed by atoms with Crippen LogP contribution in [0.2, 0.25) is 0 Å². The van der Waals surface area contributed by atoms with E-state index < -0.39 is 0 Å². The molecular formula is C20H34O. The Labute approximate surface area is 132 Å². The van der Waals surface area contributed by atoms with Gasteiger partial charge in [0.15, 0.2) is 0 Å². The van der Waals surface area contributed by atoms with Gasteiger partial charge in [-0.15, -0.1) is 0 Å². The SMILES string of the molecule is CCCCCCCCC=CC=CC=C[C@@H]1O[C@@H]1CCCC. The molecule has 0 amide bonds. The molecular weight excluding hydrogens is 256 g/mol. The van der Waals surface area contributed by atoms with Gasteiger partial charge < -0.3 is 4.74 Å². The number of rotatable bonds is 13. The predicted octanol–water partition coefficient (Wildman–Crippen LogP) is 6.36. The van der Waals surface area contributed by atoms with E-state index in [-0.39, 0.29) is 0 Å². The maximum atomic E-state index is 5.58. The monoisotopic (exact) mass is 290 g/mol. The summed E-state index contributed by atoms with van der Waals surface area (Å²) < 4.78 is 5.58. The molecule has 1 heterocycles. The molecule has 2 atom stereocenters. The van der Waals surface area contributed by atoms with Gasteiger partial charge in [-0.2, -0.15) is 0 Å². The van der Waals surface area contributed by atoms with Crippen LogP contribution in [0.5, 0.6) is 0 Å². The van der Waals surface area contributed by atoms with E-state index in [9.17, 15) is 0 Å². The molecule has 120 valence electrons. The molecule has 0 saturated carbocycles. The Morgan fingerprint density at radius 2 is 1.48 bits per heavy atom. The molecule has 0 radical (unpaired) electrons. The van der Waals surface area contributed by atoms with Crippen molar-refractivity contribution >= 4 is 0 Å². The molecule has 1 nitrogen and oxygen atoms in total. The van der Waals surface area contributed by atoms with Gasteiger partial charge in [-0.3, -0.25) is 0 Å². The summed E-state index contributed by atoms with van der Waals surface area (Å²) >= 11 is 0. The highest BCUT2D eigenvalue weighted by Gasteiger charge is 2.34. The van der Waals surface area contributed by atoms with Crippen molar-refractivity contribution in [1.29, 1.82) is 0 Å². The number of epoxide rings is 1. The van der Waals surface area contributed by atoms with Crippen LogP contribution in [0.3, 0.4) is 0 Å². The minimum atomic E-state index is 0.383. The lowest BCUT2D eigenvalue weighted by Crippen LogP contribution is -1.89. The maximum absolute atomic E-state index is 5.58. The van der Waals surface area contributed by atoms with Crippen molar-refractivity contribution in [3.05, 3.63) is 36.5 Å². The molecule has 0 unspecified atom stereocenters. The lowest BCUT2D eigenvalue weighted by Gasteiger charge is -1.97. The lowest BCUT2D eigenvalue weighted by atomic mass is 10.1. The van der Waals surface area contributed by atoms with Crippen molar-refractivity contribution in [2.75, 3.05) is 0 Å². The van der Waals surface area contributed by atoms with E-state index in [1.807, 2.05) is 0 Å². The van der Waals surface area contributed by atoms with E-state index >= 15 is 0 Å². The van der Waals surface area contributed by atoms with Gasteiger partial charge in [0.2, 0.25) is 0 Å². The molecule has 1 aliphatic rings. The average Bonchev–Trinajstić information content (AvgIpc) is 3.24. The Hall–Kier alpha value is -0.820. The number of hydrogen-bond donors (Lipinski definition) is 0. The van der Waals surface area contributed by atoms with Crippen LogP contribution in [-0.2, 0) is 4.74 Å². The Morgan fingerprint density at radius 3 is 2.29 bits per heavy atom. The fourth-order valence-corrected chi connectivity index (χ4v) is 2.48. The first kappa shape index (κ1) is 18.2. The Bertz CT molecular complexity index is 314. The molecule has 0 aromatic heterocycles. The number of ether oxygens (including phenoxy) is 1. The first-order valence-electron chi connectivity index (χ1n) is 9.04. The fourth-order valence-electron chi connectivity index (χ4n) is 2.48. The van der Waals surface area contributed by atoms with Crippen molar-refractivity contribution in [3.63, 3.8) is 0 Å². The van der Waals surface area contributed by atoms with Crippen molar-refractivity contribution in [3.8, 4) is 0 Å². The molecule has 21 heavy (non-hydrogen) atoms. The zero-order chi connectivity index (χ0) is 15.2. The van der Waals surface area contributed by atoms with Gasteiger partial charge in [0.1, 0.15) is 6.10 Å². The molecule has 0 spiro atoms. The second kappa shape index (κ2) is 12.9. The average molecular weight is 290 g/mol. The van der Waals surface area contributed by atoms with E-state index in [0.717, 1.165) is 0 Å². The summed E-state index contributed by atoms with van der Waals surface area (Å²) in [6.45, 7) is 4.50. The zero-order valence-electron chi connectivity index (χ0n) is 14.1. The summed E-state index contributed by atoms with van der Waals surface area (Å²) in [6.07, 6.45) is 27.1. The quantitative estimate of drug-likeness (QED) is 0.218. The molecule has 1 saturated heterocycles. The smallest absolute Gasteiger partial charge is 0.103 e. The van der Waals surface area contributed by atoms with Crippen molar-refractivity contribution in [2.45, 2.75) is 90.3 Å². The van der Waals surface area contributed by atoms with E-state index in [0.29, 0.717) is 12.2 Å². The van der Waals surface area contributed by atoms with E-state index in [2.05, 4.69) is 50.3 Å². The summed E-state index contributed by atoms with van der Waals surface area (Å²) in [4.78, 5) is 0. The maximum Gasteiger partial charge on any atom is 0.103 e. The van der Waals surface area contributed by atoms with Gasteiger partial charge in [-0.25, -0.2) is 0 Å². The van der Waals surface area contributed by atoms with Crippen LogP contribution < -0.4 is 0 Å². The minimum absolute atomic E-state index is 0.383. The van der Waals surface area contributed by atoms with Crippen molar-refractivity contribution < 1.29 is 4.74 Å². The molecule has 0 aromatic rings. The van der Waals surface area contributed by atoms with Gasteiger partial charge in [0.05, 0.1) is 6.10 Å². The highest BCUT2D eigenvalue weighted by molar-refractivity contribution is 5.14. The highest BCUT2D eigenvalue weighted by atomic mass is 16.6.